The Balaban J connectivity index is 1.77. The maximum atomic E-state index is 15.7. The van der Waals surface area contributed by atoms with Crippen molar-refractivity contribution in [1.82, 2.24) is 14.6 Å². The molecule has 0 bridgehead atoms. The predicted molar refractivity (Wildman–Crippen MR) is 143 cm³/mol. The van der Waals surface area contributed by atoms with Crippen molar-refractivity contribution in [3.8, 4) is 11.6 Å². The van der Waals surface area contributed by atoms with Crippen LogP contribution in [0.2, 0.25) is 0 Å². The third kappa shape index (κ3) is 7.98. The number of esters is 1. The molecule has 2 heterocycles. The molecule has 1 aromatic heterocycles. The number of hydrogen-bond donors (Lipinski definition) is 2. The number of nitrogens with zero attached hydrogens (tertiary/aromatic N) is 2. The van der Waals surface area contributed by atoms with E-state index in [9.17, 15) is 19.3 Å². The number of benzene rings is 1. The monoisotopic (exact) mass is 583 g/mol. The van der Waals surface area contributed by atoms with Gasteiger partial charge in [-0.25, -0.2) is 13.8 Å². The Morgan fingerprint density at radius 3 is 2.62 bits per heavy atom. The molecule has 0 saturated carbocycles. The van der Waals surface area contributed by atoms with Gasteiger partial charge in [-0.05, 0) is 46.8 Å². The Morgan fingerprint density at radius 1 is 1.30 bits per heavy atom. The highest BCUT2D eigenvalue weighted by Crippen LogP contribution is 2.47. The van der Waals surface area contributed by atoms with Gasteiger partial charge >= 0.3 is 19.4 Å². The van der Waals surface area contributed by atoms with Crippen molar-refractivity contribution in [2.75, 3.05) is 13.2 Å². The summed E-state index contributed by atoms with van der Waals surface area (Å²) in [6.45, 7) is 7.18. The molecule has 0 radical (unpaired) electrons. The van der Waals surface area contributed by atoms with Gasteiger partial charge in [-0.2, -0.15) is 10.1 Å². The van der Waals surface area contributed by atoms with Gasteiger partial charge in [-0.1, -0.05) is 30.4 Å². The number of allylic oxidation sites excluding steroid dienone is 1. The van der Waals surface area contributed by atoms with Crippen molar-refractivity contribution in [2.45, 2.75) is 70.9 Å². The molecule has 40 heavy (non-hydrogen) atoms. The first kappa shape index (κ1) is 31.4. The quantitative estimate of drug-likeness (QED) is 0.203. The lowest BCUT2D eigenvalue weighted by Gasteiger charge is -2.25. The zero-order valence-corrected chi connectivity index (χ0v) is 23.8. The molecule has 14 heteroatoms. The number of hydrogen-bond acceptors (Lipinski definition) is 10. The molecule has 1 aliphatic heterocycles. The van der Waals surface area contributed by atoms with Gasteiger partial charge in [-0.3, -0.25) is 13.9 Å². The van der Waals surface area contributed by atoms with E-state index < -0.39 is 62.3 Å². The zero-order valence-electron chi connectivity index (χ0n) is 22.9. The van der Waals surface area contributed by atoms with E-state index in [1.807, 2.05) is 6.92 Å². The summed E-state index contributed by atoms with van der Waals surface area (Å²) in [7, 11) is -4.30. The topological polar surface area (TPSA) is 147 Å². The van der Waals surface area contributed by atoms with E-state index in [4.69, 9.17) is 23.3 Å². The van der Waals surface area contributed by atoms with Crippen molar-refractivity contribution in [3.05, 3.63) is 65.2 Å². The number of alkyl halides is 1. The molecule has 3 rings (SSSR count). The van der Waals surface area contributed by atoms with Gasteiger partial charge in [0.2, 0.25) is 5.88 Å². The summed E-state index contributed by atoms with van der Waals surface area (Å²) in [5.74, 6) is -0.499. The van der Waals surface area contributed by atoms with E-state index in [0.717, 1.165) is 11.5 Å². The molecular weight excluding hydrogens is 548 g/mol. The Morgan fingerprint density at radius 2 is 2.00 bits per heavy atom. The van der Waals surface area contributed by atoms with Crippen LogP contribution in [0.5, 0.6) is 11.6 Å². The Labute approximate surface area is 231 Å². The maximum Gasteiger partial charge on any atom is 0.459 e. The molecule has 0 unspecified atom stereocenters. The van der Waals surface area contributed by atoms with E-state index in [1.54, 1.807) is 44.2 Å². The smallest absolute Gasteiger partial charge is 0.459 e. The lowest BCUT2D eigenvalue weighted by atomic mass is 9.98. The minimum atomic E-state index is -4.30. The van der Waals surface area contributed by atoms with Gasteiger partial charge in [0, 0.05) is 12.3 Å². The first-order valence-corrected chi connectivity index (χ1v) is 14.2. The summed E-state index contributed by atoms with van der Waals surface area (Å²) in [5, 5.41) is 13.2. The van der Waals surface area contributed by atoms with Crippen LogP contribution < -0.4 is 20.0 Å². The van der Waals surface area contributed by atoms with Crippen LogP contribution >= 0.6 is 7.75 Å². The predicted octanol–water partition coefficient (Wildman–Crippen LogP) is 3.32. The lowest BCUT2D eigenvalue weighted by Crippen LogP contribution is -2.43. The number of halogens is 1. The van der Waals surface area contributed by atoms with Crippen LogP contribution in [0.15, 0.2) is 59.5 Å². The number of aliphatic hydroxyl groups excluding tert-OH is 1. The normalized spacial score (nSPS) is 25.1. The largest absolute Gasteiger partial charge is 0.473 e. The number of carbonyl (C=O) groups excluding carboxylic acids is 1. The van der Waals surface area contributed by atoms with Crippen LogP contribution in [0.4, 0.5) is 4.39 Å². The number of ether oxygens (including phenoxy) is 3. The van der Waals surface area contributed by atoms with Gasteiger partial charge in [0.1, 0.15) is 30.6 Å². The van der Waals surface area contributed by atoms with E-state index in [-0.39, 0.29) is 18.2 Å². The van der Waals surface area contributed by atoms with Gasteiger partial charge in [0.15, 0.2) is 11.9 Å². The molecule has 1 aliphatic rings. The number of aliphatic hydroxyl groups is 1. The van der Waals surface area contributed by atoms with E-state index >= 15 is 4.39 Å². The molecule has 220 valence electrons. The minimum absolute atomic E-state index is 0.0357. The second-order valence-corrected chi connectivity index (χ2v) is 11.2. The number of para-hydroxylation sites is 1. The molecular formula is C26H35FN3O9P. The van der Waals surface area contributed by atoms with Crippen LogP contribution in [-0.4, -0.2) is 63.9 Å². The van der Waals surface area contributed by atoms with Crippen molar-refractivity contribution in [3.63, 3.8) is 0 Å². The van der Waals surface area contributed by atoms with Gasteiger partial charge in [0.25, 0.3) is 0 Å². The van der Waals surface area contributed by atoms with Crippen molar-refractivity contribution >= 4 is 13.7 Å². The SMILES string of the molecule is CC=CCOc1ccn([C@@H]2O[C@H](CO[P@@](=O)(N[C@@H](C)C(=O)OC(C)C)Oc3ccccc3)[C@@H](O)[C@@]2(C)F)c(=O)n1. The van der Waals surface area contributed by atoms with Crippen LogP contribution in [0, 0.1) is 0 Å². The highest BCUT2D eigenvalue weighted by atomic mass is 31.2. The number of rotatable bonds is 13. The molecule has 0 aliphatic carbocycles. The van der Waals surface area contributed by atoms with Crippen LogP contribution in [0.3, 0.4) is 0 Å². The van der Waals surface area contributed by atoms with Crippen LogP contribution in [-0.2, 0) is 23.4 Å². The summed E-state index contributed by atoms with van der Waals surface area (Å²) in [5.41, 5.74) is -3.32. The van der Waals surface area contributed by atoms with E-state index in [1.165, 1.54) is 31.3 Å². The van der Waals surface area contributed by atoms with E-state index in [0.29, 0.717) is 0 Å². The highest BCUT2D eigenvalue weighted by molar-refractivity contribution is 7.52. The fourth-order valence-electron chi connectivity index (χ4n) is 3.74. The summed E-state index contributed by atoms with van der Waals surface area (Å²) >= 11 is 0. The molecule has 0 spiro atoms. The Kier molecular flexibility index (Phi) is 10.6. The second-order valence-electron chi connectivity index (χ2n) is 9.49. The molecule has 2 N–H and O–H groups in total. The summed E-state index contributed by atoms with van der Waals surface area (Å²) < 4.78 is 57.5. The van der Waals surface area contributed by atoms with Crippen molar-refractivity contribution in [2.24, 2.45) is 0 Å². The summed E-state index contributed by atoms with van der Waals surface area (Å²) in [4.78, 5) is 28.7. The number of carbonyl (C=O) groups is 1. The fourth-order valence-corrected chi connectivity index (χ4v) is 5.24. The summed E-state index contributed by atoms with van der Waals surface area (Å²) in [6.07, 6.45) is -0.429. The molecule has 1 fully saturated rings. The third-order valence-corrected chi connectivity index (χ3v) is 7.42. The lowest BCUT2D eigenvalue weighted by molar-refractivity contribution is -0.149. The molecule has 6 atom stereocenters. The van der Waals surface area contributed by atoms with Crippen molar-refractivity contribution in [1.29, 1.82) is 0 Å². The molecule has 0 amide bonds. The number of nitrogens with one attached hydrogen (secondary N) is 1. The van der Waals surface area contributed by atoms with E-state index in [2.05, 4.69) is 10.1 Å². The molecule has 2 aromatic rings. The Bertz CT molecular complexity index is 1270. The fraction of sp³-hybridized carbons (Fsp3) is 0.500. The third-order valence-electron chi connectivity index (χ3n) is 5.77. The van der Waals surface area contributed by atoms with Gasteiger partial charge in [-0.15, -0.1) is 0 Å². The first-order chi connectivity index (χ1) is 18.9. The summed E-state index contributed by atoms with van der Waals surface area (Å²) in [6, 6.07) is 8.31. The molecule has 12 nitrogen and oxygen atoms in total. The van der Waals surface area contributed by atoms with Crippen LogP contribution in [0.25, 0.3) is 0 Å². The molecule has 1 saturated heterocycles. The van der Waals surface area contributed by atoms with Crippen molar-refractivity contribution < 1.29 is 42.1 Å². The van der Waals surface area contributed by atoms with Crippen LogP contribution in [0.1, 0.15) is 40.8 Å². The standard InChI is InChI=1S/C26H35FN3O9P/c1-6-7-15-35-21-13-14-30(25(33)28-21)24-26(5,27)22(31)20(38-24)16-36-40(34,39-19-11-9-8-10-12-19)29-18(4)23(32)37-17(2)3/h6-14,17-18,20,22,24,31H,15-16H2,1-5H3,(H,29,34)/t18-,20+,22+,24+,26+,40-/m0/s1. The highest BCUT2D eigenvalue weighted by Gasteiger charge is 2.56. The second kappa shape index (κ2) is 13.5. The van der Waals surface area contributed by atoms with Gasteiger partial charge < -0.3 is 23.8 Å². The first-order valence-electron chi connectivity index (χ1n) is 12.7. The zero-order chi connectivity index (χ0) is 29.5. The average molecular weight is 584 g/mol. The molecule has 1 aromatic carbocycles. The Hall–Kier alpha value is -3.09. The maximum absolute atomic E-state index is 15.7. The minimum Gasteiger partial charge on any atom is -0.473 e. The average Bonchev–Trinajstić information content (AvgIpc) is 3.11. The number of aromatic nitrogens is 2. The van der Waals surface area contributed by atoms with Gasteiger partial charge in [0.05, 0.1) is 12.7 Å².